The van der Waals surface area contributed by atoms with Gasteiger partial charge in [-0.05, 0) is 77.0 Å². The normalized spacial score (nSPS) is 10.9. The largest absolute Gasteiger partial charge is 0.497 e. The van der Waals surface area contributed by atoms with Crippen LogP contribution in [0.4, 0.5) is 5.69 Å². The maximum Gasteiger partial charge on any atom is 0.266 e. The number of hydrogen-bond acceptors (Lipinski definition) is 3. The Labute approximate surface area is 159 Å². The van der Waals surface area contributed by atoms with Gasteiger partial charge in [-0.2, -0.15) is 5.26 Å². The molecular formula is C18H14ClIN2O2. The molecule has 0 aliphatic carbocycles. The second-order valence-corrected chi connectivity index (χ2v) is 6.67. The van der Waals surface area contributed by atoms with Gasteiger partial charge in [0.2, 0.25) is 0 Å². The number of benzene rings is 2. The number of nitrogens with zero attached hydrogens (tertiary/aromatic N) is 1. The lowest BCUT2D eigenvalue weighted by Crippen LogP contribution is -2.13. The van der Waals surface area contributed by atoms with Gasteiger partial charge >= 0.3 is 0 Å². The highest BCUT2D eigenvalue weighted by Crippen LogP contribution is 2.22. The quantitative estimate of drug-likeness (QED) is 0.411. The molecule has 0 spiro atoms. The number of nitriles is 1. The first-order chi connectivity index (χ1) is 11.4. The molecule has 0 bridgehead atoms. The lowest BCUT2D eigenvalue weighted by Gasteiger charge is -2.07. The number of halogens is 2. The van der Waals surface area contributed by atoms with E-state index >= 15 is 0 Å². The summed E-state index contributed by atoms with van der Waals surface area (Å²) in [4.78, 5) is 12.3. The summed E-state index contributed by atoms with van der Waals surface area (Å²) >= 11 is 8.19. The first kappa shape index (κ1) is 18.3. The van der Waals surface area contributed by atoms with Gasteiger partial charge in [0.1, 0.15) is 17.4 Å². The summed E-state index contributed by atoms with van der Waals surface area (Å²) in [5, 5.41) is 12.5. The molecule has 122 valence electrons. The van der Waals surface area contributed by atoms with Crippen molar-refractivity contribution in [3.8, 4) is 11.8 Å². The SMILES string of the molecule is COc1cc(I)cc(/C=C(\C#N)C(=O)Nc2ccc(C)c(Cl)c2)c1. The van der Waals surface area contributed by atoms with E-state index < -0.39 is 5.91 Å². The van der Waals surface area contributed by atoms with Gasteiger partial charge in [-0.25, -0.2) is 0 Å². The molecule has 0 fully saturated rings. The zero-order valence-electron chi connectivity index (χ0n) is 13.1. The molecule has 0 radical (unpaired) electrons. The third-order valence-corrected chi connectivity index (χ3v) is 4.27. The zero-order valence-corrected chi connectivity index (χ0v) is 16.0. The van der Waals surface area contributed by atoms with Gasteiger partial charge in [-0.1, -0.05) is 17.7 Å². The van der Waals surface area contributed by atoms with Crippen LogP contribution in [0.5, 0.6) is 5.75 Å². The van der Waals surface area contributed by atoms with Crippen molar-refractivity contribution >= 4 is 51.9 Å². The lowest BCUT2D eigenvalue weighted by atomic mass is 10.1. The van der Waals surface area contributed by atoms with E-state index in [-0.39, 0.29) is 5.57 Å². The van der Waals surface area contributed by atoms with Gasteiger partial charge in [0.05, 0.1) is 7.11 Å². The average Bonchev–Trinajstić information content (AvgIpc) is 2.55. The van der Waals surface area contributed by atoms with E-state index in [1.165, 1.54) is 6.08 Å². The summed E-state index contributed by atoms with van der Waals surface area (Å²) in [7, 11) is 1.57. The van der Waals surface area contributed by atoms with Crippen LogP contribution in [0.2, 0.25) is 5.02 Å². The Morgan fingerprint density at radius 3 is 2.71 bits per heavy atom. The van der Waals surface area contributed by atoms with Crippen LogP contribution in [-0.2, 0) is 4.79 Å². The molecule has 0 saturated carbocycles. The number of amides is 1. The van der Waals surface area contributed by atoms with Crippen molar-refractivity contribution < 1.29 is 9.53 Å². The van der Waals surface area contributed by atoms with E-state index in [0.717, 1.165) is 9.13 Å². The molecule has 0 aromatic heterocycles. The van der Waals surface area contributed by atoms with Crippen molar-refractivity contribution in [3.63, 3.8) is 0 Å². The number of carbonyl (C=O) groups excluding carboxylic acids is 1. The van der Waals surface area contributed by atoms with Crippen molar-refractivity contribution in [2.75, 3.05) is 12.4 Å². The van der Waals surface area contributed by atoms with Gasteiger partial charge in [0.25, 0.3) is 5.91 Å². The maximum absolute atomic E-state index is 12.3. The summed E-state index contributed by atoms with van der Waals surface area (Å²) in [5.74, 6) is 0.173. The molecule has 0 aliphatic rings. The third kappa shape index (κ3) is 4.73. The van der Waals surface area contributed by atoms with Gasteiger partial charge in [-0.15, -0.1) is 0 Å². The number of ether oxygens (including phenoxy) is 1. The Balaban J connectivity index is 2.27. The van der Waals surface area contributed by atoms with Crippen LogP contribution >= 0.6 is 34.2 Å². The minimum absolute atomic E-state index is 0.00393. The van der Waals surface area contributed by atoms with Crippen LogP contribution in [0.3, 0.4) is 0 Å². The van der Waals surface area contributed by atoms with Gasteiger partial charge in [0, 0.05) is 14.3 Å². The topological polar surface area (TPSA) is 62.1 Å². The van der Waals surface area contributed by atoms with E-state index in [9.17, 15) is 10.1 Å². The van der Waals surface area contributed by atoms with E-state index in [1.807, 2.05) is 25.1 Å². The van der Waals surface area contributed by atoms with E-state index in [4.69, 9.17) is 16.3 Å². The lowest BCUT2D eigenvalue weighted by molar-refractivity contribution is -0.112. The van der Waals surface area contributed by atoms with Crippen molar-refractivity contribution in [1.29, 1.82) is 5.26 Å². The molecule has 4 nitrogen and oxygen atoms in total. The molecule has 0 heterocycles. The van der Waals surface area contributed by atoms with Crippen LogP contribution in [0.15, 0.2) is 42.0 Å². The first-order valence-electron chi connectivity index (χ1n) is 6.97. The highest BCUT2D eigenvalue weighted by atomic mass is 127. The van der Waals surface area contributed by atoms with Gasteiger partial charge in [-0.3, -0.25) is 4.79 Å². The Hall–Kier alpha value is -2.04. The van der Waals surface area contributed by atoms with E-state index in [1.54, 1.807) is 31.4 Å². The molecule has 2 rings (SSSR count). The van der Waals surface area contributed by atoms with Gasteiger partial charge in [0.15, 0.2) is 0 Å². The highest BCUT2D eigenvalue weighted by Gasteiger charge is 2.11. The number of nitrogens with one attached hydrogen (secondary N) is 1. The summed E-state index contributed by atoms with van der Waals surface area (Å²) in [6.45, 7) is 1.87. The second-order valence-electron chi connectivity index (χ2n) is 5.01. The smallest absolute Gasteiger partial charge is 0.266 e. The molecule has 1 amide bonds. The molecule has 2 aromatic carbocycles. The van der Waals surface area contributed by atoms with Crippen molar-refractivity contribution in [1.82, 2.24) is 0 Å². The molecule has 2 aromatic rings. The van der Waals surface area contributed by atoms with Crippen LogP contribution in [0, 0.1) is 21.8 Å². The zero-order chi connectivity index (χ0) is 17.7. The maximum atomic E-state index is 12.3. The van der Waals surface area contributed by atoms with Crippen LogP contribution in [0.25, 0.3) is 6.08 Å². The number of hydrogen-bond donors (Lipinski definition) is 1. The minimum Gasteiger partial charge on any atom is -0.497 e. The predicted octanol–water partition coefficient (Wildman–Crippen LogP) is 4.81. The Kier molecular flexibility index (Phi) is 6.23. The van der Waals surface area contributed by atoms with Crippen molar-refractivity contribution in [3.05, 3.63) is 61.7 Å². The molecule has 0 aliphatic heterocycles. The van der Waals surface area contributed by atoms with E-state index in [2.05, 4.69) is 27.9 Å². The summed E-state index contributed by atoms with van der Waals surface area (Å²) in [6, 6.07) is 12.6. The fourth-order valence-electron chi connectivity index (χ4n) is 1.97. The molecule has 6 heteroatoms. The van der Waals surface area contributed by atoms with E-state index in [0.29, 0.717) is 22.0 Å². The second kappa shape index (κ2) is 8.18. The number of rotatable bonds is 4. The molecule has 0 unspecified atom stereocenters. The van der Waals surface area contributed by atoms with Crippen molar-refractivity contribution in [2.45, 2.75) is 6.92 Å². The molecule has 0 atom stereocenters. The molecular weight excluding hydrogens is 439 g/mol. The summed E-state index contributed by atoms with van der Waals surface area (Å²) in [6.07, 6.45) is 1.52. The summed E-state index contributed by atoms with van der Waals surface area (Å²) < 4.78 is 6.14. The summed E-state index contributed by atoms with van der Waals surface area (Å²) in [5.41, 5.74) is 2.16. The van der Waals surface area contributed by atoms with Crippen LogP contribution < -0.4 is 10.1 Å². The Morgan fingerprint density at radius 2 is 2.08 bits per heavy atom. The predicted molar refractivity (Wildman–Crippen MR) is 104 cm³/mol. The minimum atomic E-state index is -0.491. The fraction of sp³-hybridized carbons (Fsp3) is 0.111. The average molecular weight is 453 g/mol. The number of anilines is 1. The standard InChI is InChI=1S/C18H14ClIN2O2/c1-11-3-4-15(9-17(11)19)22-18(23)13(10-21)5-12-6-14(20)8-16(7-12)24-2/h3-9H,1-2H3,(H,22,23)/b13-5+. The first-order valence-corrected chi connectivity index (χ1v) is 8.42. The number of aryl methyl sites for hydroxylation is 1. The fourth-order valence-corrected chi connectivity index (χ4v) is 2.82. The molecule has 0 saturated heterocycles. The number of methoxy groups -OCH3 is 1. The Morgan fingerprint density at radius 1 is 1.33 bits per heavy atom. The third-order valence-electron chi connectivity index (χ3n) is 3.24. The van der Waals surface area contributed by atoms with Crippen molar-refractivity contribution in [2.24, 2.45) is 0 Å². The monoisotopic (exact) mass is 452 g/mol. The van der Waals surface area contributed by atoms with Crippen LogP contribution in [0.1, 0.15) is 11.1 Å². The number of carbonyl (C=O) groups is 1. The molecule has 1 N–H and O–H groups in total. The van der Waals surface area contributed by atoms with Gasteiger partial charge < -0.3 is 10.1 Å². The Bertz CT molecular complexity index is 857. The highest BCUT2D eigenvalue weighted by molar-refractivity contribution is 14.1. The molecule has 24 heavy (non-hydrogen) atoms. The van der Waals surface area contributed by atoms with Crippen LogP contribution in [-0.4, -0.2) is 13.0 Å².